The predicted molar refractivity (Wildman–Crippen MR) is 100 cm³/mol. The van der Waals surface area contributed by atoms with Crippen molar-refractivity contribution < 1.29 is 4.79 Å². The van der Waals surface area contributed by atoms with Crippen LogP contribution in [0.15, 0.2) is 33.9 Å². The summed E-state index contributed by atoms with van der Waals surface area (Å²) in [6.45, 7) is 4.31. The number of carbonyl (C=O) groups excluding carboxylic acids is 1. The molecule has 0 fully saturated rings. The number of pyridine rings is 1. The lowest BCUT2D eigenvalue weighted by molar-refractivity contribution is 0.0951. The van der Waals surface area contributed by atoms with E-state index in [-0.39, 0.29) is 5.91 Å². The Morgan fingerprint density at radius 2 is 2.17 bits per heavy atom. The second-order valence-corrected chi connectivity index (χ2v) is 7.48. The highest BCUT2D eigenvalue weighted by molar-refractivity contribution is 9.10. The van der Waals surface area contributed by atoms with Gasteiger partial charge in [0.2, 0.25) is 0 Å². The number of halogens is 2. The maximum Gasteiger partial charge on any atom is 0.253 e. The number of anilines is 1. The molecule has 0 saturated carbocycles. The SMILES string of the molecule is CCSc1ncc(Cl)cc1CNC(=O)c1cc(C)cc(Br)c1N. The van der Waals surface area contributed by atoms with Gasteiger partial charge in [0.25, 0.3) is 5.91 Å². The molecule has 23 heavy (non-hydrogen) atoms. The van der Waals surface area contributed by atoms with Gasteiger partial charge in [0.1, 0.15) is 5.03 Å². The second-order valence-electron chi connectivity index (χ2n) is 4.94. The predicted octanol–water partition coefficient (Wildman–Crippen LogP) is 4.43. The number of nitrogen functional groups attached to an aromatic ring is 1. The van der Waals surface area contributed by atoms with E-state index < -0.39 is 0 Å². The Morgan fingerprint density at radius 3 is 2.87 bits per heavy atom. The van der Waals surface area contributed by atoms with Gasteiger partial charge < -0.3 is 11.1 Å². The molecule has 1 aromatic heterocycles. The first kappa shape index (κ1) is 18.1. The van der Waals surface area contributed by atoms with E-state index in [1.807, 2.05) is 26.0 Å². The molecule has 7 heteroatoms. The van der Waals surface area contributed by atoms with Gasteiger partial charge in [-0.15, -0.1) is 11.8 Å². The molecular formula is C16H17BrClN3OS. The molecule has 3 N–H and O–H groups in total. The summed E-state index contributed by atoms with van der Waals surface area (Å²) >= 11 is 11.0. The van der Waals surface area contributed by atoms with Crippen molar-refractivity contribution in [1.82, 2.24) is 10.3 Å². The van der Waals surface area contributed by atoms with Crippen molar-refractivity contribution in [2.24, 2.45) is 0 Å². The third-order valence-electron chi connectivity index (χ3n) is 3.13. The Morgan fingerprint density at radius 1 is 1.43 bits per heavy atom. The zero-order valence-electron chi connectivity index (χ0n) is 12.8. The van der Waals surface area contributed by atoms with E-state index in [9.17, 15) is 4.79 Å². The molecule has 1 heterocycles. The molecular weight excluding hydrogens is 398 g/mol. The van der Waals surface area contributed by atoms with Crippen molar-refractivity contribution in [1.29, 1.82) is 0 Å². The molecule has 1 amide bonds. The Labute approximate surface area is 153 Å². The number of rotatable bonds is 5. The minimum absolute atomic E-state index is 0.223. The summed E-state index contributed by atoms with van der Waals surface area (Å²) in [7, 11) is 0. The van der Waals surface area contributed by atoms with Crippen LogP contribution in [-0.4, -0.2) is 16.6 Å². The Balaban J connectivity index is 2.18. The highest BCUT2D eigenvalue weighted by atomic mass is 79.9. The van der Waals surface area contributed by atoms with Crippen LogP contribution in [0.4, 0.5) is 5.69 Å². The summed E-state index contributed by atoms with van der Waals surface area (Å²) in [5.74, 6) is 0.673. The van der Waals surface area contributed by atoms with Gasteiger partial charge >= 0.3 is 0 Å². The van der Waals surface area contributed by atoms with Gasteiger partial charge in [0, 0.05) is 22.8 Å². The van der Waals surface area contributed by atoms with Crippen LogP contribution in [0.2, 0.25) is 5.02 Å². The molecule has 0 aliphatic carbocycles. The van der Waals surface area contributed by atoms with Crippen molar-refractivity contribution >= 4 is 50.9 Å². The van der Waals surface area contributed by atoms with Crippen molar-refractivity contribution in [2.45, 2.75) is 25.4 Å². The van der Waals surface area contributed by atoms with Gasteiger partial charge in [-0.25, -0.2) is 4.98 Å². The number of aryl methyl sites for hydroxylation is 1. The molecule has 0 saturated heterocycles. The summed E-state index contributed by atoms with van der Waals surface area (Å²) in [6.07, 6.45) is 1.61. The summed E-state index contributed by atoms with van der Waals surface area (Å²) < 4.78 is 0.717. The summed E-state index contributed by atoms with van der Waals surface area (Å²) in [4.78, 5) is 16.7. The van der Waals surface area contributed by atoms with Gasteiger partial charge in [-0.2, -0.15) is 0 Å². The van der Waals surface area contributed by atoms with Crippen LogP contribution in [0, 0.1) is 6.92 Å². The third-order valence-corrected chi connectivity index (χ3v) is 4.92. The normalized spacial score (nSPS) is 10.6. The quantitative estimate of drug-likeness (QED) is 0.561. The molecule has 2 aromatic rings. The first-order valence-electron chi connectivity index (χ1n) is 7.03. The van der Waals surface area contributed by atoms with Crippen molar-refractivity contribution in [2.75, 3.05) is 11.5 Å². The molecule has 2 rings (SSSR count). The van der Waals surface area contributed by atoms with Crippen LogP contribution in [0.3, 0.4) is 0 Å². The highest BCUT2D eigenvalue weighted by Crippen LogP contribution is 2.26. The minimum Gasteiger partial charge on any atom is -0.397 e. The largest absolute Gasteiger partial charge is 0.397 e. The van der Waals surface area contributed by atoms with Gasteiger partial charge in [-0.1, -0.05) is 18.5 Å². The minimum atomic E-state index is -0.223. The molecule has 0 aliphatic heterocycles. The number of hydrogen-bond donors (Lipinski definition) is 2. The molecule has 0 radical (unpaired) electrons. The third kappa shape index (κ3) is 4.62. The molecule has 0 atom stereocenters. The molecule has 0 spiro atoms. The lowest BCUT2D eigenvalue weighted by atomic mass is 10.1. The molecule has 4 nitrogen and oxygen atoms in total. The van der Waals surface area contributed by atoms with Crippen molar-refractivity contribution in [3.63, 3.8) is 0 Å². The van der Waals surface area contributed by atoms with E-state index in [4.69, 9.17) is 17.3 Å². The maximum atomic E-state index is 12.4. The lowest BCUT2D eigenvalue weighted by Gasteiger charge is -2.12. The van der Waals surface area contributed by atoms with E-state index in [0.29, 0.717) is 27.3 Å². The number of thioether (sulfide) groups is 1. The van der Waals surface area contributed by atoms with E-state index in [1.165, 1.54) is 0 Å². The monoisotopic (exact) mass is 413 g/mol. The van der Waals surface area contributed by atoms with Crippen molar-refractivity contribution in [3.8, 4) is 0 Å². The van der Waals surface area contributed by atoms with E-state index in [2.05, 4.69) is 26.2 Å². The molecule has 122 valence electrons. The highest BCUT2D eigenvalue weighted by Gasteiger charge is 2.14. The topological polar surface area (TPSA) is 68.0 Å². The number of nitrogens with one attached hydrogen (secondary N) is 1. The van der Waals surface area contributed by atoms with E-state index in [1.54, 1.807) is 24.0 Å². The standard InChI is InChI=1S/C16H17BrClN3OS/c1-3-23-16-10(6-11(18)8-21-16)7-20-15(22)12-4-9(2)5-13(17)14(12)19/h4-6,8H,3,7,19H2,1-2H3,(H,20,22). The fraction of sp³-hybridized carbons (Fsp3) is 0.250. The van der Waals surface area contributed by atoms with Gasteiger partial charge in [-0.05, 0) is 52.4 Å². The lowest BCUT2D eigenvalue weighted by Crippen LogP contribution is -2.24. The summed E-state index contributed by atoms with van der Waals surface area (Å²) in [6, 6.07) is 5.47. The van der Waals surface area contributed by atoms with E-state index in [0.717, 1.165) is 21.9 Å². The molecule has 0 bridgehead atoms. The number of hydrogen-bond acceptors (Lipinski definition) is 4. The van der Waals surface area contributed by atoms with Gasteiger partial charge in [0.15, 0.2) is 0 Å². The van der Waals surface area contributed by atoms with Crippen LogP contribution in [0.5, 0.6) is 0 Å². The second kappa shape index (κ2) is 8.04. The Bertz CT molecular complexity index is 740. The summed E-state index contributed by atoms with van der Waals surface area (Å²) in [5.41, 5.74) is 8.72. The van der Waals surface area contributed by atoms with E-state index >= 15 is 0 Å². The number of benzene rings is 1. The zero-order chi connectivity index (χ0) is 17.0. The molecule has 0 aliphatic rings. The average molecular weight is 415 g/mol. The van der Waals surface area contributed by atoms with Crippen LogP contribution < -0.4 is 11.1 Å². The van der Waals surface area contributed by atoms with Crippen LogP contribution in [0.1, 0.15) is 28.4 Å². The average Bonchev–Trinajstić information content (AvgIpc) is 2.51. The smallest absolute Gasteiger partial charge is 0.253 e. The maximum absolute atomic E-state index is 12.4. The van der Waals surface area contributed by atoms with Gasteiger partial charge in [-0.3, -0.25) is 4.79 Å². The first-order valence-corrected chi connectivity index (χ1v) is 9.19. The van der Waals surface area contributed by atoms with Crippen LogP contribution in [-0.2, 0) is 6.54 Å². The summed E-state index contributed by atoms with van der Waals surface area (Å²) in [5, 5.41) is 4.30. The number of aromatic nitrogens is 1. The van der Waals surface area contributed by atoms with Crippen LogP contribution >= 0.6 is 39.3 Å². The number of nitrogens with two attached hydrogens (primary N) is 1. The first-order chi connectivity index (χ1) is 10.9. The number of nitrogens with zero attached hydrogens (tertiary/aromatic N) is 1. The Kier molecular flexibility index (Phi) is 6.33. The van der Waals surface area contributed by atoms with Crippen molar-refractivity contribution in [3.05, 3.63) is 50.6 Å². The molecule has 1 aromatic carbocycles. The number of amides is 1. The fourth-order valence-corrected chi connectivity index (χ4v) is 3.55. The zero-order valence-corrected chi connectivity index (χ0v) is 16.0. The fourth-order valence-electron chi connectivity index (χ4n) is 2.07. The Hall–Kier alpha value is -1.24. The molecule has 0 unspecified atom stereocenters. The van der Waals surface area contributed by atoms with Gasteiger partial charge in [0.05, 0.1) is 16.3 Å². The number of carbonyl (C=O) groups is 1. The van der Waals surface area contributed by atoms with Crippen LogP contribution in [0.25, 0.3) is 0 Å².